The van der Waals surface area contributed by atoms with Crippen LogP contribution in [0.15, 0.2) is 18.2 Å². The lowest BCUT2D eigenvalue weighted by Gasteiger charge is -2.26. The molecular formula is C16H26N2O. The summed E-state index contributed by atoms with van der Waals surface area (Å²) in [5.41, 5.74) is 8.22. The summed E-state index contributed by atoms with van der Waals surface area (Å²) in [7, 11) is 0. The van der Waals surface area contributed by atoms with Crippen LogP contribution in [0.3, 0.4) is 0 Å². The minimum absolute atomic E-state index is 0.0844. The summed E-state index contributed by atoms with van der Waals surface area (Å²) in [6.07, 6.45) is 4.05. The van der Waals surface area contributed by atoms with E-state index in [1.165, 1.54) is 43.5 Å². The van der Waals surface area contributed by atoms with Gasteiger partial charge in [-0.1, -0.05) is 18.6 Å². The third kappa shape index (κ3) is 4.22. The van der Waals surface area contributed by atoms with E-state index in [2.05, 4.69) is 24.0 Å². The molecule has 0 unspecified atom stereocenters. The Hall–Kier alpha value is -1.06. The van der Waals surface area contributed by atoms with E-state index in [9.17, 15) is 0 Å². The van der Waals surface area contributed by atoms with Gasteiger partial charge in [0.05, 0.1) is 0 Å². The highest BCUT2D eigenvalue weighted by molar-refractivity contribution is 5.37. The molecule has 2 rings (SSSR count). The first-order valence-electron chi connectivity index (χ1n) is 7.38. The second-order valence-corrected chi connectivity index (χ2v) is 5.56. The van der Waals surface area contributed by atoms with Crippen molar-refractivity contribution in [1.82, 2.24) is 4.90 Å². The Morgan fingerprint density at radius 2 is 2.00 bits per heavy atom. The predicted molar refractivity (Wildman–Crippen MR) is 79.6 cm³/mol. The number of nitrogens with zero attached hydrogens (tertiary/aromatic N) is 1. The van der Waals surface area contributed by atoms with Crippen molar-refractivity contribution in [2.24, 2.45) is 5.73 Å². The zero-order valence-corrected chi connectivity index (χ0v) is 12.2. The summed E-state index contributed by atoms with van der Waals surface area (Å²) in [6, 6.07) is 6.32. The Kier molecular flexibility index (Phi) is 5.23. The maximum atomic E-state index is 5.89. The molecule has 0 radical (unpaired) electrons. The van der Waals surface area contributed by atoms with Gasteiger partial charge in [0, 0.05) is 12.6 Å². The van der Waals surface area contributed by atoms with Gasteiger partial charge in [0.25, 0.3) is 0 Å². The molecule has 1 aliphatic heterocycles. The number of aryl methyl sites for hydroxylation is 1. The van der Waals surface area contributed by atoms with Gasteiger partial charge in [0.2, 0.25) is 0 Å². The standard InChI is InChI=1S/C16H26N2O/c1-13-12-15(14(2)17)6-7-16(13)19-11-10-18-8-4-3-5-9-18/h6-7,12,14H,3-5,8-11,17H2,1-2H3/t14-/m0/s1. The van der Waals surface area contributed by atoms with Crippen molar-refractivity contribution in [3.63, 3.8) is 0 Å². The van der Waals surface area contributed by atoms with Gasteiger partial charge in [-0.2, -0.15) is 0 Å². The van der Waals surface area contributed by atoms with Crippen LogP contribution in [-0.2, 0) is 0 Å². The van der Waals surface area contributed by atoms with E-state index in [0.29, 0.717) is 0 Å². The van der Waals surface area contributed by atoms with Crippen LogP contribution in [0.4, 0.5) is 0 Å². The number of rotatable bonds is 5. The Bertz CT molecular complexity index is 398. The lowest BCUT2D eigenvalue weighted by atomic mass is 10.1. The van der Waals surface area contributed by atoms with Crippen LogP contribution in [0.2, 0.25) is 0 Å². The van der Waals surface area contributed by atoms with Crippen LogP contribution in [0.1, 0.15) is 43.4 Å². The van der Waals surface area contributed by atoms with E-state index < -0.39 is 0 Å². The zero-order valence-electron chi connectivity index (χ0n) is 12.2. The van der Waals surface area contributed by atoms with Gasteiger partial charge in [-0.05, 0) is 57.0 Å². The van der Waals surface area contributed by atoms with Crippen molar-refractivity contribution in [3.05, 3.63) is 29.3 Å². The van der Waals surface area contributed by atoms with Gasteiger partial charge >= 0.3 is 0 Å². The smallest absolute Gasteiger partial charge is 0.122 e. The molecule has 19 heavy (non-hydrogen) atoms. The van der Waals surface area contributed by atoms with Gasteiger partial charge in [-0.25, -0.2) is 0 Å². The highest BCUT2D eigenvalue weighted by Gasteiger charge is 2.10. The van der Waals surface area contributed by atoms with Crippen LogP contribution in [0, 0.1) is 6.92 Å². The van der Waals surface area contributed by atoms with Crippen LogP contribution in [0.5, 0.6) is 5.75 Å². The molecular weight excluding hydrogens is 236 g/mol. The largest absolute Gasteiger partial charge is 0.492 e. The predicted octanol–water partition coefficient (Wildman–Crippen LogP) is 2.88. The molecule has 0 spiro atoms. The number of ether oxygens (including phenoxy) is 1. The molecule has 0 amide bonds. The summed E-state index contributed by atoms with van der Waals surface area (Å²) in [4.78, 5) is 2.50. The molecule has 3 heteroatoms. The van der Waals surface area contributed by atoms with Crippen molar-refractivity contribution in [3.8, 4) is 5.75 Å². The van der Waals surface area contributed by atoms with Crippen molar-refractivity contribution < 1.29 is 4.74 Å². The first-order valence-corrected chi connectivity index (χ1v) is 7.38. The Balaban J connectivity index is 1.82. The fourth-order valence-corrected chi connectivity index (χ4v) is 2.59. The van der Waals surface area contributed by atoms with E-state index in [0.717, 1.165) is 18.9 Å². The molecule has 1 saturated heterocycles. The second kappa shape index (κ2) is 6.92. The Morgan fingerprint density at radius 1 is 1.26 bits per heavy atom. The third-order valence-electron chi connectivity index (χ3n) is 3.84. The number of likely N-dealkylation sites (tertiary alicyclic amines) is 1. The van der Waals surface area contributed by atoms with Gasteiger partial charge < -0.3 is 10.5 Å². The molecule has 1 heterocycles. The average molecular weight is 262 g/mol. The number of nitrogens with two attached hydrogens (primary N) is 1. The topological polar surface area (TPSA) is 38.5 Å². The Labute approximate surface area is 116 Å². The fraction of sp³-hybridized carbons (Fsp3) is 0.625. The molecule has 1 aromatic carbocycles. The minimum atomic E-state index is 0.0844. The maximum absolute atomic E-state index is 5.89. The van der Waals surface area contributed by atoms with Crippen LogP contribution in [-0.4, -0.2) is 31.1 Å². The molecule has 1 fully saturated rings. The molecule has 1 aromatic rings. The van der Waals surface area contributed by atoms with Crippen LogP contribution < -0.4 is 10.5 Å². The van der Waals surface area contributed by atoms with Crippen molar-refractivity contribution in [2.45, 2.75) is 39.2 Å². The minimum Gasteiger partial charge on any atom is -0.492 e. The quantitative estimate of drug-likeness (QED) is 0.886. The molecule has 0 aliphatic carbocycles. The first kappa shape index (κ1) is 14.4. The lowest BCUT2D eigenvalue weighted by Crippen LogP contribution is -2.33. The normalized spacial score (nSPS) is 18.3. The van der Waals surface area contributed by atoms with Gasteiger partial charge in [-0.15, -0.1) is 0 Å². The number of hydrogen-bond donors (Lipinski definition) is 1. The fourth-order valence-electron chi connectivity index (χ4n) is 2.59. The van der Waals surface area contributed by atoms with Gasteiger partial charge in [0.15, 0.2) is 0 Å². The summed E-state index contributed by atoms with van der Waals surface area (Å²) < 4.78 is 5.89. The van der Waals surface area contributed by atoms with Gasteiger partial charge in [0.1, 0.15) is 12.4 Å². The van der Waals surface area contributed by atoms with Crippen molar-refractivity contribution >= 4 is 0 Å². The molecule has 0 saturated carbocycles. The third-order valence-corrected chi connectivity index (χ3v) is 3.84. The maximum Gasteiger partial charge on any atom is 0.122 e. The van der Waals surface area contributed by atoms with Crippen LogP contribution >= 0.6 is 0 Å². The van der Waals surface area contributed by atoms with Crippen molar-refractivity contribution in [1.29, 1.82) is 0 Å². The molecule has 1 aliphatic rings. The molecule has 0 bridgehead atoms. The number of piperidine rings is 1. The summed E-state index contributed by atoms with van der Waals surface area (Å²) in [5.74, 6) is 0.987. The zero-order chi connectivity index (χ0) is 13.7. The average Bonchev–Trinajstić information content (AvgIpc) is 2.41. The molecule has 1 atom stereocenters. The second-order valence-electron chi connectivity index (χ2n) is 5.56. The van der Waals surface area contributed by atoms with E-state index in [1.54, 1.807) is 0 Å². The molecule has 0 aromatic heterocycles. The number of benzene rings is 1. The lowest BCUT2D eigenvalue weighted by molar-refractivity contribution is 0.183. The van der Waals surface area contributed by atoms with E-state index in [-0.39, 0.29) is 6.04 Å². The van der Waals surface area contributed by atoms with Crippen LogP contribution in [0.25, 0.3) is 0 Å². The highest BCUT2D eigenvalue weighted by atomic mass is 16.5. The first-order chi connectivity index (χ1) is 9.16. The Morgan fingerprint density at radius 3 is 2.63 bits per heavy atom. The monoisotopic (exact) mass is 262 g/mol. The summed E-state index contributed by atoms with van der Waals surface area (Å²) >= 11 is 0. The summed E-state index contributed by atoms with van der Waals surface area (Å²) in [5, 5.41) is 0. The molecule has 3 nitrogen and oxygen atoms in total. The van der Waals surface area contributed by atoms with Gasteiger partial charge in [-0.3, -0.25) is 4.90 Å². The van der Waals surface area contributed by atoms with E-state index in [4.69, 9.17) is 10.5 Å². The molecule has 2 N–H and O–H groups in total. The summed E-state index contributed by atoms with van der Waals surface area (Å²) in [6.45, 7) is 8.36. The molecule has 106 valence electrons. The van der Waals surface area contributed by atoms with E-state index in [1.807, 2.05) is 13.0 Å². The van der Waals surface area contributed by atoms with E-state index >= 15 is 0 Å². The highest BCUT2D eigenvalue weighted by Crippen LogP contribution is 2.21. The van der Waals surface area contributed by atoms with Crippen molar-refractivity contribution in [2.75, 3.05) is 26.2 Å². The SMILES string of the molecule is Cc1cc([C@H](C)N)ccc1OCCN1CCCCC1. The number of hydrogen-bond acceptors (Lipinski definition) is 3.